The Bertz CT molecular complexity index is 873. The van der Waals surface area contributed by atoms with Gasteiger partial charge < -0.3 is 20.1 Å². The molecule has 2 N–H and O–H groups in total. The minimum absolute atomic E-state index is 0.0626. The number of piperidine rings is 1. The Morgan fingerprint density at radius 2 is 1.62 bits per heavy atom. The number of methoxy groups -OCH3 is 2. The number of urea groups is 1. The fourth-order valence-electron chi connectivity index (χ4n) is 4.39. The van der Waals surface area contributed by atoms with E-state index in [1.165, 1.54) is 7.11 Å². The number of benzene rings is 1. The van der Waals surface area contributed by atoms with Crippen molar-refractivity contribution < 1.29 is 27.5 Å². The summed E-state index contributed by atoms with van der Waals surface area (Å²) in [6.07, 6.45) is 3.20. The van der Waals surface area contributed by atoms with Gasteiger partial charge in [-0.25, -0.2) is 17.5 Å². The van der Waals surface area contributed by atoms with Crippen LogP contribution in [0.15, 0.2) is 24.3 Å². The van der Waals surface area contributed by atoms with Crippen LogP contribution < -0.4 is 15.4 Å². The van der Waals surface area contributed by atoms with E-state index in [0.29, 0.717) is 58.2 Å². The van der Waals surface area contributed by atoms with Crippen molar-refractivity contribution in [2.24, 2.45) is 5.92 Å². The molecule has 0 spiro atoms. The Morgan fingerprint density at radius 1 is 1.00 bits per heavy atom. The van der Waals surface area contributed by atoms with E-state index >= 15 is 0 Å². The number of hydrogen-bond acceptors (Lipinski definition) is 6. The molecule has 0 atom stereocenters. The predicted octanol–water partition coefficient (Wildman–Crippen LogP) is 2.02. The lowest BCUT2D eigenvalue weighted by molar-refractivity contribution is -0.146. The van der Waals surface area contributed by atoms with Crippen LogP contribution in [0.25, 0.3) is 0 Å². The number of esters is 1. The maximum absolute atomic E-state index is 13.0. The Morgan fingerprint density at radius 3 is 2.19 bits per heavy atom. The fourth-order valence-corrected chi connectivity index (χ4v) is 6.40. The molecule has 1 saturated carbocycles. The zero-order valence-electron chi connectivity index (χ0n) is 18.7. The Hall–Kier alpha value is -2.33. The van der Waals surface area contributed by atoms with Gasteiger partial charge in [0.1, 0.15) is 5.75 Å². The van der Waals surface area contributed by atoms with Crippen molar-refractivity contribution in [3.63, 3.8) is 0 Å². The molecule has 32 heavy (non-hydrogen) atoms. The maximum atomic E-state index is 13.0. The number of nitrogens with one attached hydrogen (secondary N) is 2. The molecular formula is C22H33N3O6S. The highest BCUT2D eigenvalue weighted by molar-refractivity contribution is 7.89. The number of sulfonamides is 1. The first-order chi connectivity index (χ1) is 15.3. The highest BCUT2D eigenvalue weighted by Crippen LogP contribution is 2.31. The van der Waals surface area contributed by atoms with Crippen molar-refractivity contribution in [1.29, 1.82) is 0 Å². The lowest BCUT2D eigenvalue weighted by Gasteiger charge is -2.35. The van der Waals surface area contributed by atoms with Crippen molar-refractivity contribution >= 4 is 22.0 Å². The van der Waals surface area contributed by atoms with E-state index in [-0.39, 0.29) is 24.0 Å². The van der Waals surface area contributed by atoms with Gasteiger partial charge in [0.05, 0.1) is 25.4 Å². The van der Waals surface area contributed by atoms with Crippen LogP contribution in [0.3, 0.4) is 0 Å². The molecule has 1 aromatic rings. The number of carbonyl (C=O) groups is 2. The molecule has 2 fully saturated rings. The summed E-state index contributed by atoms with van der Waals surface area (Å²) in [5, 5.41) is 5.33. The highest BCUT2D eigenvalue weighted by Gasteiger charge is 2.38. The van der Waals surface area contributed by atoms with Crippen LogP contribution in [0.2, 0.25) is 0 Å². The van der Waals surface area contributed by atoms with Crippen molar-refractivity contribution in [2.75, 3.05) is 27.3 Å². The van der Waals surface area contributed by atoms with Crippen molar-refractivity contribution in [1.82, 2.24) is 14.9 Å². The van der Waals surface area contributed by atoms with Gasteiger partial charge in [0.2, 0.25) is 10.0 Å². The number of rotatable bonds is 7. The van der Waals surface area contributed by atoms with Gasteiger partial charge >= 0.3 is 12.0 Å². The van der Waals surface area contributed by atoms with Crippen LogP contribution in [-0.4, -0.2) is 63.3 Å². The number of amides is 2. The molecule has 1 aliphatic carbocycles. The number of carbonyl (C=O) groups excluding carboxylic acids is 2. The summed E-state index contributed by atoms with van der Waals surface area (Å²) < 4.78 is 37.5. The molecule has 9 nitrogen and oxygen atoms in total. The van der Waals surface area contributed by atoms with Gasteiger partial charge in [-0.1, -0.05) is 12.1 Å². The normalized spacial score (nSPS) is 22.7. The van der Waals surface area contributed by atoms with Crippen LogP contribution in [0.4, 0.5) is 4.79 Å². The fraction of sp³-hybridized carbons (Fsp3) is 0.636. The summed E-state index contributed by atoms with van der Waals surface area (Å²) in [6.45, 7) is 1.18. The van der Waals surface area contributed by atoms with E-state index in [1.807, 2.05) is 24.3 Å². The minimum Gasteiger partial charge on any atom is -0.497 e. The Labute approximate surface area is 189 Å². The second-order valence-electron chi connectivity index (χ2n) is 8.39. The van der Waals surface area contributed by atoms with E-state index in [1.54, 1.807) is 11.4 Å². The molecule has 0 radical (unpaired) electrons. The average molecular weight is 468 g/mol. The zero-order chi connectivity index (χ0) is 23.1. The van der Waals surface area contributed by atoms with Gasteiger partial charge in [0.25, 0.3) is 0 Å². The maximum Gasteiger partial charge on any atom is 0.315 e. The topological polar surface area (TPSA) is 114 Å². The number of ether oxygens (including phenoxy) is 2. The molecule has 178 valence electrons. The first-order valence-electron chi connectivity index (χ1n) is 11.1. The number of nitrogens with zero attached hydrogens (tertiary/aromatic N) is 1. The standard InChI is InChI=1S/C22H33N3O6S/c1-30-19-7-3-16(4-8-19)15-23-22(27)24-18-11-13-25(14-12-18)32(28,29)20-9-5-17(6-10-20)21(26)31-2/h3-4,7-8,17-18,20H,5-6,9-15H2,1-2H3,(H2,23,24,27). The SMILES string of the molecule is COC(=O)C1CCC(S(=O)(=O)N2CCC(NC(=O)NCc3ccc(OC)cc3)CC2)CC1. The van der Waals surface area contributed by atoms with Crippen molar-refractivity contribution in [3.05, 3.63) is 29.8 Å². The van der Waals surface area contributed by atoms with Crippen molar-refractivity contribution in [3.8, 4) is 5.75 Å². The monoisotopic (exact) mass is 467 g/mol. The van der Waals surface area contributed by atoms with Crippen LogP contribution in [0.1, 0.15) is 44.1 Å². The number of hydrogen-bond donors (Lipinski definition) is 2. The van der Waals surface area contributed by atoms with Crippen molar-refractivity contribution in [2.45, 2.75) is 56.4 Å². The predicted molar refractivity (Wildman–Crippen MR) is 120 cm³/mol. The Kier molecular flexibility index (Phi) is 8.36. The molecule has 0 aromatic heterocycles. The van der Waals surface area contributed by atoms with Gasteiger partial charge in [-0.3, -0.25) is 4.79 Å². The van der Waals surface area contributed by atoms with E-state index in [2.05, 4.69) is 10.6 Å². The summed E-state index contributed by atoms with van der Waals surface area (Å²) in [4.78, 5) is 23.9. The first-order valence-corrected chi connectivity index (χ1v) is 12.6. The van der Waals surface area contributed by atoms with E-state index in [9.17, 15) is 18.0 Å². The third-order valence-corrected chi connectivity index (χ3v) is 8.79. The molecule has 1 heterocycles. The summed E-state index contributed by atoms with van der Waals surface area (Å²) in [5.41, 5.74) is 0.962. The van der Waals surface area contributed by atoms with Crippen LogP contribution >= 0.6 is 0 Å². The summed E-state index contributed by atoms with van der Waals surface area (Å²) >= 11 is 0. The summed E-state index contributed by atoms with van der Waals surface area (Å²) in [7, 11) is -0.434. The van der Waals surface area contributed by atoms with Crippen LogP contribution in [-0.2, 0) is 26.1 Å². The average Bonchev–Trinajstić information content (AvgIpc) is 2.83. The zero-order valence-corrected chi connectivity index (χ0v) is 19.5. The smallest absolute Gasteiger partial charge is 0.315 e. The molecule has 2 aliphatic rings. The summed E-state index contributed by atoms with van der Waals surface area (Å²) in [6, 6.07) is 7.14. The lowest BCUT2D eigenvalue weighted by atomic mass is 9.89. The molecule has 0 unspecified atom stereocenters. The van der Waals surface area contributed by atoms with Gasteiger partial charge in [-0.15, -0.1) is 0 Å². The third kappa shape index (κ3) is 6.13. The quantitative estimate of drug-likeness (QED) is 0.593. The minimum atomic E-state index is -3.40. The van der Waals surface area contributed by atoms with Gasteiger partial charge in [0, 0.05) is 25.7 Å². The Balaban J connectivity index is 1.41. The second-order valence-corrected chi connectivity index (χ2v) is 10.6. The lowest BCUT2D eigenvalue weighted by Crippen LogP contribution is -2.51. The second kappa shape index (κ2) is 11.0. The highest BCUT2D eigenvalue weighted by atomic mass is 32.2. The van der Waals surface area contributed by atoms with Crippen LogP contribution in [0.5, 0.6) is 5.75 Å². The molecule has 1 aliphatic heterocycles. The van der Waals surface area contributed by atoms with Gasteiger partial charge in [-0.2, -0.15) is 0 Å². The molecule has 2 amide bonds. The van der Waals surface area contributed by atoms with E-state index in [0.717, 1.165) is 11.3 Å². The molecule has 3 rings (SSSR count). The molecule has 0 bridgehead atoms. The summed E-state index contributed by atoms with van der Waals surface area (Å²) in [5.74, 6) is 0.312. The molecule has 10 heteroatoms. The first kappa shape index (κ1) is 24.3. The molecular weight excluding hydrogens is 434 g/mol. The van der Waals surface area contributed by atoms with Crippen LogP contribution in [0, 0.1) is 5.92 Å². The molecule has 1 saturated heterocycles. The van der Waals surface area contributed by atoms with Gasteiger partial charge in [0.15, 0.2) is 0 Å². The van der Waals surface area contributed by atoms with Gasteiger partial charge in [-0.05, 0) is 56.2 Å². The third-order valence-electron chi connectivity index (χ3n) is 6.39. The van der Waals surface area contributed by atoms with E-state index in [4.69, 9.17) is 9.47 Å². The van der Waals surface area contributed by atoms with E-state index < -0.39 is 15.3 Å². The largest absolute Gasteiger partial charge is 0.497 e. The molecule has 1 aromatic carbocycles.